The Bertz CT molecular complexity index is 720. The summed E-state index contributed by atoms with van der Waals surface area (Å²) in [5.74, 6) is 6.62. The first-order chi connectivity index (χ1) is 9.76. The zero-order chi connectivity index (χ0) is 13.9. The quantitative estimate of drug-likeness (QED) is 0.507. The van der Waals surface area contributed by atoms with Gasteiger partial charge >= 0.3 is 0 Å². The summed E-state index contributed by atoms with van der Waals surface area (Å²) in [4.78, 5) is 9.60. The van der Waals surface area contributed by atoms with Crippen molar-refractivity contribution in [1.82, 2.24) is 9.97 Å². The number of aryl methyl sites for hydroxylation is 1. The minimum absolute atomic E-state index is 0.423. The summed E-state index contributed by atoms with van der Waals surface area (Å²) in [6.07, 6.45) is 0. The molecular formula is C14H15N5S. The SMILES string of the molecule is Cc1ccc(CNc2nc(NN)nc3sccc23)cc1. The first-order valence-corrected chi connectivity index (χ1v) is 7.15. The van der Waals surface area contributed by atoms with E-state index in [0.717, 1.165) is 16.0 Å². The van der Waals surface area contributed by atoms with E-state index in [1.807, 2.05) is 11.4 Å². The highest BCUT2D eigenvalue weighted by Crippen LogP contribution is 2.26. The van der Waals surface area contributed by atoms with Crippen LogP contribution in [0.2, 0.25) is 0 Å². The number of rotatable bonds is 4. The topological polar surface area (TPSA) is 75.9 Å². The molecule has 0 unspecified atom stereocenters. The predicted octanol–water partition coefficient (Wildman–Crippen LogP) is 2.90. The zero-order valence-corrected chi connectivity index (χ0v) is 11.9. The fraction of sp³-hybridized carbons (Fsp3) is 0.143. The molecule has 0 saturated carbocycles. The van der Waals surface area contributed by atoms with Gasteiger partial charge in [0.2, 0.25) is 5.95 Å². The van der Waals surface area contributed by atoms with E-state index in [4.69, 9.17) is 5.84 Å². The molecule has 0 amide bonds. The Hall–Kier alpha value is -2.18. The summed E-state index contributed by atoms with van der Waals surface area (Å²) < 4.78 is 0. The summed E-state index contributed by atoms with van der Waals surface area (Å²) in [7, 11) is 0. The standard InChI is InChI=1S/C14H15N5S/c1-9-2-4-10(5-3-9)8-16-12-11-6-7-20-13(11)18-14(17-12)19-15/h2-7H,8,15H2,1H3,(H2,16,17,18,19). The number of hydrogen-bond acceptors (Lipinski definition) is 6. The Morgan fingerprint density at radius 3 is 2.70 bits per heavy atom. The van der Waals surface area contributed by atoms with E-state index in [-0.39, 0.29) is 0 Å². The van der Waals surface area contributed by atoms with Crippen LogP contribution in [0.5, 0.6) is 0 Å². The molecule has 1 aromatic carbocycles. The molecule has 0 radical (unpaired) electrons. The van der Waals surface area contributed by atoms with Crippen LogP contribution in [0.3, 0.4) is 0 Å². The highest BCUT2D eigenvalue weighted by Gasteiger charge is 2.08. The smallest absolute Gasteiger partial charge is 0.240 e. The van der Waals surface area contributed by atoms with Crippen LogP contribution in [0.15, 0.2) is 35.7 Å². The highest BCUT2D eigenvalue weighted by molar-refractivity contribution is 7.16. The Balaban J connectivity index is 1.86. The molecule has 5 nitrogen and oxygen atoms in total. The van der Waals surface area contributed by atoms with Gasteiger partial charge in [-0.25, -0.2) is 10.8 Å². The van der Waals surface area contributed by atoms with E-state index in [9.17, 15) is 0 Å². The number of nitrogens with two attached hydrogens (primary N) is 1. The van der Waals surface area contributed by atoms with Crippen LogP contribution < -0.4 is 16.6 Å². The van der Waals surface area contributed by atoms with Gasteiger partial charge in [-0.05, 0) is 23.9 Å². The Morgan fingerprint density at radius 2 is 1.95 bits per heavy atom. The monoisotopic (exact) mass is 285 g/mol. The van der Waals surface area contributed by atoms with Gasteiger partial charge in [-0.2, -0.15) is 4.98 Å². The molecular weight excluding hydrogens is 270 g/mol. The fourth-order valence-electron chi connectivity index (χ4n) is 1.95. The van der Waals surface area contributed by atoms with Crippen molar-refractivity contribution in [3.8, 4) is 0 Å². The molecule has 102 valence electrons. The maximum atomic E-state index is 5.40. The van der Waals surface area contributed by atoms with Crippen molar-refractivity contribution >= 4 is 33.3 Å². The zero-order valence-electron chi connectivity index (χ0n) is 11.1. The third kappa shape index (κ3) is 2.56. The molecule has 0 fully saturated rings. The molecule has 3 rings (SSSR count). The van der Waals surface area contributed by atoms with E-state index in [1.54, 1.807) is 11.3 Å². The lowest BCUT2D eigenvalue weighted by atomic mass is 10.1. The lowest BCUT2D eigenvalue weighted by Crippen LogP contribution is -2.12. The van der Waals surface area contributed by atoms with Crippen LogP contribution in [-0.4, -0.2) is 9.97 Å². The van der Waals surface area contributed by atoms with Gasteiger partial charge < -0.3 is 5.32 Å². The lowest BCUT2D eigenvalue weighted by Gasteiger charge is -2.08. The van der Waals surface area contributed by atoms with Gasteiger partial charge in [0.25, 0.3) is 0 Å². The first-order valence-electron chi connectivity index (χ1n) is 6.27. The van der Waals surface area contributed by atoms with Gasteiger partial charge in [0.15, 0.2) is 0 Å². The summed E-state index contributed by atoms with van der Waals surface area (Å²) in [6, 6.07) is 10.4. The molecule has 20 heavy (non-hydrogen) atoms. The lowest BCUT2D eigenvalue weighted by molar-refractivity contribution is 1.09. The van der Waals surface area contributed by atoms with Crippen LogP contribution in [0.1, 0.15) is 11.1 Å². The van der Waals surface area contributed by atoms with Crippen LogP contribution in [0.4, 0.5) is 11.8 Å². The van der Waals surface area contributed by atoms with Crippen LogP contribution in [0, 0.1) is 6.92 Å². The number of benzene rings is 1. The van der Waals surface area contributed by atoms with E-state index >= 15 is 0 Å². The summed E-state index contributed by atoms with van der Waals surface area (Å²) in [6.45, 7) is 2.79. The van der Waals surface area contributed by atoms with E-state index in [0.29, 0.717) is 12.5 Å². The highest BCUT2D eigenvalue weighted by atomic mass is 32.1. The molecule has 2 heterocycles. The minimum Gasteiger partial charge on any atom is -0.365 e. The first kappa shape index (κ1) is 12.8. The third-order valence-corrected chi connectivity index (χ3v) is 3.84. The normalized spacial score (nSPS) is 10.7. The molecule has 6 heteroatoms. The third-order valence-electron chi connectivity index (χ3n) is 3.03. The second-order valence-electron chi connectivity index (χ2n) is 4.52. The number of fused-ring (bicyclic) bond motifs is 1. The van der Waals surface area contributed by atoms with Crippen LogP contribution in [0.25, 0.3) is 10.2 Å². The fourth-order valence-corrected chi connectivity index (χ4v) is 2.71. The Labute approximate surface area is 120 Å². The number of anilines is 2. The maximum absolute atomic E-state index is 5.40. The summed E-state index contributed by atoms with van der Waals surface area (Å²) in [5, 5.41) is 6.36. The number of nitrogens with one attached hydrogen (secondary N) is 2. The molecule has 0 saturated heterocycles. The Morgan fingerprint density at radius 1 is 1.15 bits per heavy atom. The van der Waals surface area contributed by atoms with Crippen LogP contribution in [-0.2, 0) is 6.54 Å². The van der Waals surface area contributed by atoms with Gasteiger partial charge in [-0.1, -0.05) is 29.8 Å². The largest absolute Gasteiger partial charge is 0.365 e. The summed E-state index contributed by atoms with van der Waals surface area (Å²) in [5.41, 5.74) is 4.96. The van der Waals surface area contributed by atoms with Gasteiger partial charge in [-0.3, -0.25) is 5.43 Å². The van der Waals surface area contributed by atoms with Crippen molar-refractivity contribution < 1.29 is 0 Å². The number of hydrazine groups is 1. The molecule has 0 bridgehead atoms. The summed E-state index contributed by atoms with van der Waals surface area (Å²) >= 11 is 1.57. The van der Waals surface area contributed by atoms with Crippen LogP contribution >= 0.6 is 11.3 Å². The average molecular weight is 285 g/mol. The molecule has 3 aromatic rings. The van der Waals surface area contributed by atoms with E-state index in [1.165, 1.54) is 11.1 Å². The van der Waals surface area contributed by atoms with E-state index < -0.39 is 0 Å². The molecule has 2 aromatic heterocycles. The Kier molecular flexibility index (Phi) is 3.49. The number of aromatic nitrogens is 2. The molecule has 4 N–H and O–H groups in total. The minimum atomic E-state index is 0.423. The van der Waals surface area contributed by atoms with Gasteiger partial charge in [-0.15, -0.1) is 11.3 Å². The number of nitrogens with zero attached hydrogens (tertiary/aromatic N) is 2. The molecule has 0 spiro atoms. The number of hydrogen-bond donors (Lipinski definition) is 3. The number of nitrogen functional groups attached to an aromatic ring is 1. The van der Waals surface area contributed by atoms with Gasteiger partial charge in [0.1, 0.15) is 10.6 Å². The van der Waals surface area contributed by atoms with Crippen molar-refractivity contribution in [2.24, 2.45) is 5.84 Å². The molecule has 0 aliphatic rings. The van der Waals surface area contributed by atoms with Gasteiger partial charge in [0.05, 0.1) is 5.39 Å². The van der Waals surface area contributed by atoms with Crippen molar-refractivity contribution in [2.75, 3.05) is 10.7 Å². The van der Waals surface area contributed by atoms with E-state index in [2.05, 4.69) is 51.9 Å². The maximum Gasteiger partial charge on any atom is 0.240 e. The molecule has 0 aliphatic carbocycles. The molecule has 0 aliphatic heterocycles. The van der Waals surface area contributed by atoms with Crippen molar-refractivity contribution in [3.05, 3.63) is 46.8 Å². The van der Waals surface area contributed by atoms with Crippen molar-refractivity contribution in [3.63, 3.8) is 0 Å². The predicted molar refractivity (Wildman–Crippen MR) is 83.7 cm³/mol. The molecule has 0 atom stereocenters. The van der Waals surface area contributed by atoms with Gasteiger partial charge in [0, 0.05) is 6.54 Å². The second-order valence-corrected chi connectivity index (χ2v) is 5.41. The average Bonchev–Trinajstić information content (AvgIpc) is 2.94. The second kappa shape index (κ2) is 5.44. The van der Waals surface area contributed by atoms with Crippen molar-refractivity contribution in [1.29, 1.82) is 0 Å². The number of thiophene rings is 1. The van der Waals surface area contributed by atoms with Crippen molar-refractivity contribution in [2.45, 2.75) is 13.5 Å².